The van der Waals surface area contributed by atoms with Crippen molar-refractivity contribution in [2.45, 2.75) is 0 Å². The van der Waals surface area contributed by atoms with Crippen molar-refractivity contribution >= 4 is 51.0 Å². The lowest BCUT2D eigenvalue weighted by atomic mass is 10.1. The molecule has 0 radical (unpaired) electrons. The number of thiophene rings is 1. The van der Waals surface area contributed by atoms with Crippen molar-refractivity contribution in [3.63, 3.8) is 0 Å². The molecule has 7 heteroatoms. The van der Waals surface area contributed by atoms with Gasteiger partial charge in [0.25, 0.3) is 11.6 Å². The maximum absolute atomic E-state index is 12.3. The lowest BCUT2D eigenvalue weighted by Gasteiger charge is -2.07. The summed E-state index contributed by atoms with van der Waals surface area (Å²) < 4.78 is -0.00642. The van der Waals surface area contributed by atoms with Gasteiger partial charge in [-0.2, -0.15) is 0 Å². The lowest BCUT2D eigenvalue weighted by Crippen LogP contribution is -2.10. The molecule has 1 aromatic heterocycles. The van der Waals surface area contributed by atoms with Gasteiger partial charge in [-0.05, 0) is 11.5 Å². The van der Waals surface area contributed by atoms with Crippen LogP contribution in [-0.4, -0.2) is 10.8 Å². The maximum atomic E-state index is 12.3. The maximum Gasteiger partial charge on any atom is 0.299 e. The molecule has 0 unspecified atom stereocenters. The van der Waals surface area contributed by atoms with Crippen LogP contribution in [0.1, 0.15) is 9.67 Å². The van der Waals surface area contributed by atoms with Crippen molar-refractivity contribution in [1.29, 1.82) is 0 Å². The number of fused-ring (bicyclic) bond motifs is 1. The monoisotopic (exact) mass is 332 g/mol. The summed E-state index contributed by atoms with van der Waals surface area (Å²) in [5.41, 5.74) is 0.394. The number of hydrogen-bond acceptors (Lipinski definition) is 4. The fourth-order valence-electron chi connectivity index (χ4n) is 2.11. The molecule has 3 rings (SSSR count). The molecule has 0 atom stereocenters. The molecule has 0 aliphatic rings. The first kappa shape index (κ1) is 14.5. The van der Waals surface area contributed by atoms with Gasteiger partial charge >= 0.3 is 0 Å². The molecule has 0 spiro atoms. The van der Waals surface area contributed by atoms with Crippen LogP contribution < -0.4 is 5.32 Å². The van der Waals surface area contributed by atoms with Crippen LogP contribution in [0, 0.1) is 10.1 Å². The minimum Gasteiger partial charge on any atom is -0.321 e. The van der Waals surface area contributed by atoms with Crippen molar-refractivity contribution in [3.05, 3.63) is 67.9 Å². The summed E-state index contributed by atoms with van der Waals surface area (Å²) in [7, 11) is 0. The van der Waals surface area contributed by atoms with Gasteiger partial charge in [-0.25, -0.2) is 0 Å². The van der Waals surface area contributed by atoms with Crippen molar-refractivity contribution in [1.82, 2.24) is 0 Å². The third-order valence-electron chi connectivity index (χ3n) is 3.13. The summed E-state index contributed by atoms with van der Waals surface area (Å²) in [6.07, 6.45) is 0. The third-order valence-corrected chi connectivity index (χ3v) is 4.46. The van der Waals surface area contributed by atoms with Crippen LogP contribution in [0.3, 0.4) is 0 Å². The Balaban J connectivity index is 1.93. The molecule has 0 fully saturated rings. The normalized spacial score (nSPS) is 10.6. The van der Waals surface area contributed by atoms with E-state index in [4.69, 9.17) is 11.6 Å². The molecule has 0 bridgehead atoms. The second kappa shape index (κ2) is 5.75. The summed E-state index contributed by atoms with van der Waals surface area (Å²) in [5.74, 6) is -0.420. The van der Waals surface area contributed by atoms with E-state index in [2.05, 4.69) is 5.32 Å². The second-order valence-electron chi connectivity index (χ2n) is 4.51. The average molecular weight is 333 g/mol. The number of halogens is 1. The van der Waals surface area contributed by atoms with Crippen molar-refractivity contribution in [3.8, 4) is 0 Å². The Morgan fingerprint density at radius 2 is 1.91 bits per heavy atom. The van der Waals surface area contributed by atoms with E-state index in [0.29, 0.717) is 5.69 Å². The highest BCUT2D eigenvalue weighted by Gasteiger charge is 2.21. The number of benzene rings is 2. The SMILES string of the molecule is O=C(Nc1cccc2ccccc12)c1cc([N+](=O)[O-])c(Cl)s1. The first-order valence-corrected chi connectivity index (χ1v) is 7.48. The van der Waals surface area contributed by atoms with Crippen LogP contribution in [0.15, 0.2) is 48.5 Å². The Kier molecular flexibility index (Phi) is 3.79. The van der Waals surface area contributed by atoms with Crippen LogP contribution in [-0.2, 0) is 0 Å². The Morgan fingerprint density at radius 3 is 2.64 bits per heavy atom. The number of nitrogens with one attached hydrogen (secondary N) is 1. The summed E-state index contributed by atoms with van der Waals surface area (Å²) in [6, 6.07) is 14.4. The van der Waals surface area contributed by atoms with E-state index >= 15 is 0 Å². The van der Waals surface area contributed by atoms with Crippen molar-refractivity contribution in [2.75, 3.05) is 5.32 Å². The predicted molar refractivity (Wildman–Crippen MR) is 87.9 cm³/mol. The standard InChI is InChI=1S/C15H9ClN2O3S/c16-14-12(18(20)21)8-13(22-14)15(19)17-11-7-3-5-9-4-1-2-6-10(9)11/h1-8H,(H,17,19). The number of hydrogen-bond donors (Lipinski definition) is 1. The van der Waals surface area contributed by atoms with E-state index in [1.807, 2.05) is 36.4 Å². The van der Waals surface area contributed by atoms with Crippen LogP contribution >= 0.6 is 22.9 Å². The number of anilines is 1. The zero-order valence-electron chi connectivity index (χ0n) is 11.1. The zero-order valence-corrected chi connectivity index (χ0v) is 12.6. The van der Waals surface area contributed by atoms with Crippen LogP contribution in [0.4, 0.5) is 11.4 Å². The lowest BCUT2D eigenvalue weighted by molar-refractivity contribution is -0.384. The highest BCUT2D eigenvalue weighted by atomic mass is 35.5. The molecular formula is C15H9ClN2O3S. The van der Waals surface area contributed by atoms with Gasteiger partial charge in [0, 0.05) is 17.1 Å². The number of carbonyl (C=O) groups excluding carboxylic acids is 1. The van der Waals surface area contributed by atoms with Crippen molar-refractivity contribution < 1.29 is 9.72 Å². The van der Waals surface area contributed by atoms with E-state index in [9.17, 15) is 14.9 Å². The molecule has 110 valence electrons. The zero-order chi connectivity index (χ0) is 15.7. The number of nitrogens with zero attached hydrogens (tertiary/aromatic N) is 1. The Morgan fingerprint density at radius 1 is 1.18 bits per heavy atom. The molecule has 2 aromatic carbocycles. The fourth-order valence-corrected chi connectivity index (χ4v) is 3.23. The minimum absolute atomic E-state index is 0.00642. The van der Waals surface area contributed by atoms with E-state index in [-0.39, 0.29) is 14.9 Å². The summed E-state index contributed by atoms with van der Waals surface area (Å²) >= 11 is 6.67. The molecular weight excluding hydrogens is 324 g/mol. The average Bonchev–Trinajstić information content (AvgIpc) is 2.90. The molecule has 5 nitrogen and oxygen atoms in total. The first-order valence-electron chi connectivity index (χ1n) is 6.29. The largest absolute Gasteiger partial charge is 0.321 e. The van der Waals surface area contributed by atoms with Crippen molar-refractivity contribution in [2.24, 2.45) is 0 Å². The predicted octanol–water partition coefficient (Wildman–Crippen LogP) is 4.72. The molecule has 3 aromatic rings. The molecule has 22 heavy (non-hydrogen) atoms. The first-order chi connectivity index (χ1) is 10.6. The smallest absolute Gasteiger partial charge is 0.299 e. The van der Waals surface area contributed by atoms with E-state index in [1.165, 1.54) is 6.07 Å². The van der Waals surface area contributed by atoms with Gasteiger partial charge < -0.3 is 5.32 Å². The van der Waals surface area contributed by atoms with E-state index < -0.39 is 10.8 Å². The molecule has 1 N–H and O–H groups in total. The quantitative estimate of drug-likeness (QED) is 0.557. The van der Waals surface area contributed by atoms with E-state index in [1.54, 1.807) is 6.07 Å². The van der Waals surface area contributed by atoms with Gasteiger partial charge in [0.2, 0.25) is 0 Å². The highest BCUT2D eigenvalue weighted by molar-refractivity contribution is 7.18. The van der Waals surface area contributed by atoms with Crippen LogP contribution in [0.5, 0.6) is 0 Å². The molecule has 1 heterocycles. The Hall–Kier alpha value is -2.44. The number of amides is 1. The molecule has 0 saturated carbocycles. The van der Waals surface area contributed by atoms with E-state index in [0.717, 1.165) is 22.1 Å². The van der Waals surface area contributed by atoms with Gasteiger partial charge in [-0.15, -0.1) is 11.3 Å². The van der Waals surface area contributed by atoms with Gasteiger partial charge in [-0.3, -0.25) is 14.9 Å². The highest BCUT2D eigenvalue weighted by Crippen LogP contribution is 2.34. The van der Waals surface area contributed by atoms with Crippen LogP contribution in [0.2, 0.25) is 4.34 Å². The molecule has 0 saturated heterocycles. The van der Waals surface area contributed by atoms with Gasteiger partial charge in [-0.1, -0.05) is 48.0 Å². The fraction of sp³-hybridized carbons (Fsp3) is 0. The Bertz CT molecular complexity index is 886. The summed E-state index contributed by atoms with van der Waals surface area (Å²) in [6.45, 7) is 0. The molecule has 0 aliphatic heterocycles. The second-order valence-corrected chi connectivity index (χ2v) is 6.16. The summed E-state index contributed by atoms with van der Waals surface area (Å²) in [5, 5.41) is 15.5. The van der Waals surface area contributed by atoms with Gasteiger partial charge in [0.1, 0.15) is 4.88 Å². The molecule has 0 aliphatic carbocycles. The van der Waals surface area contributed by atoms with Gasteiger partial charge in [0.05, 0.1) is 4.92 Å². The van der Waals surface area contributed by atoms with Gasteiger partial charge in [0.15, 0.2) is 4.34 Å². The number of carbonyl (C=O) groups is 1. The molecule has 1 amide bonds. The van der Waals surface area contributed by atoms with Crippen LogP contribution in [0.25, 0.3) is 10.8 Å². The number of rotatable bonds is 3. The Labute approximate surface area is 134 Å². The number of nitro groups is 1. The summed E-state index contributed by atoms with van der Waals surface area (Å²) in [4.78, 5) is 22.6. The topological polar surface area (TPSA) is 72.2 Å². The third kappa shape index (κ3) is 2.66. The minimum atomic E-state index is -0.604.